The van der Waals surface area contributed by atoms with E-state index in [-0.39, 0.29) is 22.8 Å². The summed E-state index contributed by atoms with van der Waals surface area (Å²) in [4.78, 5) is 0. The number of hydrogen-bond donors (Lipinski definition) is 2. The SMILES string of the molecule is C=CC/C=C(\C=C(/CC)O[C@@]1(C)/C=C/C(/C(=C/CC/C=C(\CSO)CC(F)(F)F)CC=C)/C(C)=C/CC1)C(=CCC)/C=C(/CO)CC(F)(F)F. The Labute approximate surface area is 299 Å². The maximum atomic E-state index is 13.2. The van der Waals surface area contributed by atoms with E-state index in [1.807, 2.05) is 51.2 Å². The van der Waals surface area contributed by atoms with Gasteiger partial charge in [-0.25, -0.2) is 0 Å². The van der Waals surface area contributed by atoms with Crippen LogP contribution in [0.25, 0.3) is 0 Å². The highest BCUT2D eigenvalue weighted by Crippen LogP contribution is 2.35. The number of hydrogen-bond acceptors (Lipinski definition) is 4. The van der Waals surface area contributed by atoms with E-state index < -0.39 is 37.4 Å². The van der Waals surface area contributed by atoms with E-state index in [2.05, 4.69) is 32.2 Å². The van der Waals surface area contributed by atoms with Gasteiger partial charge in [0.2, 0.25) is 0 Å². The largest absolute Gasteiger partial charge is 0.488 e. The van der Waals surface area contributed by atoms with Crippen molar-refractivity contribution < 1.29 is 40.7 Å². The van der Waals surface area contributed by atoms with Gasteiger partial charge in [-0.15, -0.1) is 13.2 Å². The van der Waals surface area contributed by atoms with Crippen molar-refractivity contribution in [2.45, 2.75) is 110 Å². The number of unbranched alkanes of at least 4 members (excludes halogenated alkanes) is 1. The van der Waals surface area contributed by atoms with Gasteiger partial charge in [-0.1, -0.05) is 85.3 Å². The number of ether oxygens (including phenoxy) is 1. The highest BCUT2D eigenvalue weighted by molar-refractivity contribution is 7.93. The topological polar surface area (TPSA) is 49.7 Å². The van der Waals surface area contributed by atoms with E-state index in [0.29, 0.717) is 73.9 Å². The molecule has 0 aromatic rings. The molecule has 0 saturated heterocycles. The maximum absolute atomic E-state index is 13.2. The normalized spacial score (nSPS) is 22.4. The lowest BCUT2D eigenvalue weighted by Gasteiger charge is -2.32. The average Bonchev–Trinajstić information content (AvgIpc) is 3.01. The fraction of sp³-hybridized carbons (Fsp3) is 0.500. The molecule has 0 radical (unpaired) electrons. The zero-order valence-corrected chi connectivity index (χ0v) is 30.6. The van der Waals surface area contributed by atoms with Crippen LogP contribution in [-0.4, -0.2) is 40.0 Å². The molecule has 1 rings (SSSR count). The third-order valence-corrected chi connectivity index (χ3v) is 8.48. The van der Waals surface area contributed by atoms with Crippen LogP contribution in [0.2, 0.25) is 0 Å². The van der Waals surface area contributed by atoms with Crippen molar-refractivity contribution in [3.05, 3.63) is 119 Å². The Morgan fingerprint density at radius 2 is 1.60 bits per heavy atom. The minimum absolute atomic E-state index is 0.0743. The third kappa shape index (κ3) is 18.3. The molecule has 0 heterocycles. The first-order chi connectivity index (χ1) is 23.5. The van der Waals surface area contributed by atoms with Gasteiger partial charge < -0.3 is 14.4 Å². The van der Waals surface area contributed by atoms with Crippen molar-refractivity contribution in [3.63, 3.8) is 0 Å². The number of aliphatic hydroxyl groups excluding tert-OH is 1. The van der Waals surface area contributed by atoms with E-state index >= 15 is 0 Å². The first kappa shape index (κ1) is 45.1. The van der Waals surface area contributed by atoms with Crippen molar-refractivity contribution in [1.82, 2.24) is 0 Å². The van der Waals surface area contributed by atoms with Crippen LogP contribution in [0.1, 0.15) is 91.9 Å². The zero-order valence-electron chi connectivity index (χ0n) is 29.8. The minimum atomic E-state index is -4.45. The Kier molecular flexibility index (Phi) is 20.5. The predicted molar refractivity (Wildman–Crippen MR) is 197 cm³/mol. The van der Waals surface area contributed by atoms with Gasteiger partial charge in [0.15, 0.2) is 0 Å². The first-order valence-corrected chi connectivity index (χ1v) is 17.9. The quantitative estimate of drug-likeness (QED) is 0.0327. The smallest absolute Gasteiger partial charge is 0.392 e. The summed E-state index contributed by atoms with van der Waals surface area (Å²) in [7, 11) is 0. The van der Waals surface area contributed by atoms with Crippen molar-refractivity contribution in [2.75, 3.05) is 12.4 Å². The summed E-state index contributed by atoms with van der Waals surface area (Å²) in [6, 6.07) is 0. The van der Waals surface area contributed by atoms with Gasteiger partial charge >= 0.3 is 12.4 Å². The second kappa shape index (κ2) is 22.8. The van der Waals surface area contributed by atoms with Gasteiger partial charge in [-0.05, 0) is 99.7 Å². The van der Waals surface area contributed by atoms with Gasteiger partial charge in [0.25, 0.3) is 0 Å². The first-order valence-electron chi connectivity index (χ1n) is 17.0. The Hall–Kier alpha value is -2.95. The average molecular weight is 729 g/mol. The molecule has 0 bridgehead atoms. The Morgan fingerprint density at radius 3 is 2.16 bits per heavy atom. The van der Waals surface area contributed by atoms with Crippen LogP contribution in [0.3, 0.4) is 0 Å². The van der Waals surface area contributed by atoms with Crippen molar-refractivity contribution in [3.8, 4) is 0 Å². The minimum Gasteiger partial charge on any atom is -0.488 e. The Bertz CT molecular complexity index is 1340. The van der Waals surface area contributed by atoms with E-state index in [9.17, 15) is 31.4 Å². The van der Waals surface area contributed by atoms with E-state index in [1.165, 1.54) is 6.08 Å². The molecule has 0 aliphatic heterocycles. The van der Waals surface area contributed by atoms with Gasteiger partial charge in [-0.2, -0.15) is 26.3 Å². The van der Waals surface area contributed by atoms with Crippen LogP contribution in [0.5, 0.6) is 0 Å². The summed E-state index contributed by atoms with van der Waals surface area (Å²) in [5.74, 6) is 0.476. The molecule has 0 amide bonds. The number of alkyl halides is 6. The van der Waals surface area contributed by atoms with E-state index in [4.69, 9.17) is 9.29 Å². The fourth-order valence-corrected chi connectivity index (χ4v) is 5.97. The second-order valence-electron chi connectivity index (χ2n) is 12.5. The highest BCUT2D eigenvalue weighted by Gasteiger charge is 2.30. The summed E-state index contributed by atoms with van der Waals surface area (Å²) in [6.45, 7) is 14.9. The second-order valence-corrected chi connectivity index (χ2v) is 13.0. The summed E-state index contributed by atoms with van der Waals surface area (Å²) in [5, 5.41) is 9.70. The lowest BCUT2D eigenvalue weighted by Crippen LogP contribution is -2.27. The van der Waals surface area contributed by atoms with Crippen molar-refractivity contribution >= 4 is 12.0 Å². The molecule has 0 aromatic heterocycles. The highest BCUT2D eigenvalue weighted by atomic mass is 32.2. The molecule has 50 heavy (non-hydrogen) atoms. The summed E-state index contributed by atoms with van der Waals surface area (Å²) in [5.41, 5.74) is 2.73. The van der Waals surface area contributed by atoms with Gasteiger partial charge in [0.05, 0.1) is 25.2 Å². The van der Waals surface area contributed by atoms with Crippen LogP contribution < -0.4 is 0 Å². The lowest BCUT2D eigenvalue weighted by atomic mass is 9.83. The molecule has 0 saturated carbocycles. The van der Waals surface area contributed by atoms with Gasteiger partial charge in [0.1, 0.15) is 5.60 Å². The standard InChI is InChI=1S/C40H54F6O3S/c1-7-11-19-35(34(16-9-3)24-32(28-47)27-40(44,45)46)25-36(10-4)49-38(6)22-14-17-30(5)37(21-23-38)33(15-8-2)20-13-12-18-31(29-50-48)26-39(41,42)43/h7-8,16-21,23-25,37,47-48H,1-2,9-15,22,26-29H2,3-6H3/b23-21+,30-17+,31-18-,32-24+,33-20+,34-16?,35-19+,36-25+/t37?,38-/m1/s1. The Balaban J connectivity index is 3.45. The molecule has 10 heteroatoms. The van der Waals surface area contributed by atoms with Crippen molar-refractivity contribution in [2.24, 2.45) is 5.92 Å². The molecule has 280 valence electrons. The number of halogens is 6. The molecule has 1 aliphatic carbocycles. The molecule has 0 aromatic carbocycles. The van der Waals surface area contributed by atoms with E-state index in [1.54, 1.807) is 18.2 Å². The summed E-state index contributed by atoms with van der Waals surface area (Å²) in [6.07, 6.45) is 13.8. The van der Waals surface area contributed by atoms with Crippen LogP contribution in [0, 0.1) is 5.92 Å². The molecule has 2 atom stereocenters. The van der Waals surface area contributed by atoms with Crippen molar-refractivity contribution in [1.29, 1.82) is 0 Å². The third-order valence-electron chi connectivity index (χ3n) is 7.98. The van der Waals surface area contributed by atoms with Crippen LogP contribution >= 0.6 is 12.0 Å². The van der Waals surface area contributed by atoms with Crippen LogP contribution in [0.4, 0.5) is 26.3 Å². The number of allylic oxidation sites excluding steroid dienone is 15. The molecule has 2 N–H and O–H groups in total. The number of aliphatic hydroxyl groups is 1. The zero-order chi connectivity index (χ0) is 37.8. The fourth-order valence-electron chi connectivity index (χ4n) is 5.59. The molecule has 0 spiro atoms. The Morgan fingerprint density at radius 1 is 0.960 bits per heavy atom. The molecule has 0 fully saturated rings. The predicted octanol–water partition coefficient (Wildman–Crippen LogP) is 13.0. The molecule has 1 unspecified atom stereocenters. The summed E-state index contributed by atoms with van der Waals surface area (Å²) >= 11 is 0.382. The van der Waals surface area contributed by atoms with Gasteiger partial charge in [0, 0.05) is 18.1 Å². The molecule has 1 aliphatic rings. The van der Waals surface area contributed by atoms with E-state index in [0.717, 1.165) is 17.6 Å². The van der Waals surface area contributed by atoms with Gasteiger partial charge in [-0.3, -0.25) is 0 Å². The monoisotopic (exact) mass is 728 g/mol. The summed E-state index contributed by atoms with van der Waals surface area (Å²) < 4.78 is 94.2. The lowest BCUT2D eigenvalue weighted by molar-refractivity contribution is -0.128. The maximum Gasteiger partial charge on any atom is 0.392 e. The molecule has 3 nitrogen and oxygen atoms in total. The van der Waals surface area contributed by atoms with Crippen LogP contribution in [0.15, 0.2) is 119 Å². The number of rotatable bonds is 20. The molecular formula is C40H54F6O3S. The molecular weight excluding hydrogens is 674 g/mol. The van der Waals surface area contributed by atoms with Crippen LogP contribution in [-0.2, 0) is 4.74 Å².